The Hall–Kier alpha value is -0.770. The van der Waals surface area contributed by atoms with Crippen LogP contribution >= 0.6 is 35.6 Å². The molecule has 2 aliphatic rings. The Bertz CT molecular complexity index is 628. The highest BCUT2D eigenvalue weighted by molar-refractivity contribution is 14.0. The molecule has 2 saturated heterocycles. The minimum absolute atomic E-state index is 0. The Labute approximate surface area is 190 Å². The Kier molecular flexibility index (Phi) is 10.1. The Balaban J connectivity index is 0.00000280. The van der Waals surface area contributed by atoms with Gasteiger partial charge < -0.3 is 19.7 Å². The quantitative estimate of drug-likeness (QED) is 0.354. The second-order valence-electron chi connectivity index (χ2n) is 7.30. The third-order valence-electron chi connectivity index (χ3n) is 5.13. The number of likely N-dealkylation sites (tertiary alicyclic amines) is 1. The van der Waals surface area contributed by atoms with Crippen molar-refractivity contribution in [2.75, 3.05) is 59.5 Å². The number of rotatable bonds is 6. The van der Waals surface area contributed by atoms with Gasteiger partial charge in [-0.2, -0.15) is 0 Å². The molecule has 158 valence electrons. The lowest BCUT2D eigenvalue weighted by molar-refractivity contribution is 0.0315. The fourth-order valence-electron chi connectivity index (χ4n) is 3.69. The monoisotopic (exact) mass is 522 g/mol. The van der Waals surface area contributed by atoms with Crippen molar-refractivity contribution in [3.8, 4) is 5.75 Å². The smallest absolute Gasteiger partial charge is 0.193 e. The molecule has 6 nitrogen and oxygen atoms in total. The summed E-state index contributed by atoms with van der Waals surface area (Å²) in [5.74, 6) is 2.36. The molecule has 2 atom stereocenters. The molecule has 2 heterocycles. The molecule has 1 aromatic rings. The van der Waals surface area contributed by atoms with Gasteiger partial charge in [-0.15, -0.1) is 24.0 Å². The third kappa shape index (κ3) is 6.93. The van der Waals surface area contributed by atoms with Crippen molar-refractivity contribution < 1.29 is 9.47 Å². The topological polar surface area (TPSA) is 49.3 Å². The van der Waals surface area contributed by atoms with Gasteiger partial charge in [-0.25, -0.2) is 0 Å². The zero-order valence-corrected chi connectivity index (χ0v) is 19.9. The molecule has 0 saturated carbocycles. The summed E-state index contributed by atoms with van der Waals surface area (Å²) < 4.78 is 11.4. The summed E-state index contributed by atoms with van der Waals surface area (Å²) in [6.45, 7) is 9.82. The van der Waals surface area contributed by atoms with Crippen molar-refractivity contribution in [2.24, 2.45) is 10.9 Å². The van der Waals surface area contributed by atoms with E-state index in [9.17, 15) is 0 Å². The van der Waals surface area contributed by atoms with E-state index in [-0.39, 0.29) is 30.1 Å². The molecule has 1 aromatic carbocycles. The summed E-state index contributed by atoms with van der Waals surface area (Å²) in [5.41, 5.74) is 0. The number of hydrogen-bond acceptors (Lipinski definition) is 4. The number of halogens is 2. The predicted molar refractivity (Wildman–Crippen MR) is 125 cm³/mol. The first-order valence-electron chi connectivity index (χ1n) is 9.82. The second-order valence-corrected chi connectivity index (χ2v) is 7.71. The fourth-order valence-corrected chi connectivity index (χ4v) is 3.87. The third-order valence-corrected chi connectivity index (χ3v) is 5.44. The molecule has 3 rings (SSSR count). The van der Waals surface area contributed by atoms with Crippen LogP contribution < -0.4 is 10.1 Å². The van der Waals surface area contributed by atoms with Gasteiger partial charge in [0.2, 0.25) is 0 Å². The number of guanidine groups is 1. The average molecular weight is 523 g/mol. The first kappa shape index (κ1) is 23.5. The molecule has 1 N–H and O–H groups in total. The van der Waals surface area contributed by atoms with E-state index in [0.29, 0.717) is 17.5 Å². The van der Waals surface area contributed by atoms with E-state index in [1.54, 1.807) is 0 Å². The number of hydrogen-bond donors (Lipinski definition) is 1. The SMILES string of the molecule is CN=C(NCC(C)Oc1ccccc1Cl)N1CCC(CN2CCOCC2)C1.I. The summed E-state index contributed by atoms with van der Waals surface area (Å²) >= 11 is 6.17. The van der Waals surface area contributed by atoms with Gasteiger partial charge in [0.05, 0.1) is 24.8 Å². The van der Waals surface area contributed by atoms with Crippen LogP contribution in [0.25, 0.3) is 0 Å². The highest BCUT2D eigenvalue weighted by Gasteiger charge is 2.27. The van der Waals surface area contributed by atoms with E-state index < -0.39 is 0 Å². The van der Waals surface area contributed by atoms with Crippen LogP contribution in [-0.2, 0) is 4.74 Å². The van der Waals surface area contributed by atoms with Crippen molar-refractivity contribution in [3.63, 3.8) is 0 Å². The zero-order valence-electron chi connectivity index (χ0n) is 16.8. The summed E-state index contributed by atoms with van der Waals surface area (Å²) in [6.07, 6.45) is 1.21. The lowest BCUT2D eigenvalue weighted by Gasteiger charge is -2.29. The molecule has 8 heteroatoms. The van der Waals surface area contributed by atoms with Crippen LogP contribution in [0.15, 0.2) is 29.3 Å². The maximum atomic E-state index is 6.17. The van der Waals surface area contributed by atoms with Crippen LogP contribution in [0.5, 0.6) is 5.75 Å². The Morgan fingerprint density at radius 2 is 2.07 bits per heavy atom. The largest absolute Gasteiger partial charge is 0.487 e. The van der Waals surface area contributed by atoms with Crippen LogP contribution in [0, 0.1) is 5.92 Å². The average Bonchev–Trinajstić information content (AvgIpc) is 3.13. The highest BCUT2D eigenvalue weighted by atomic mass is 127. The lowest BCUT2D eigenvalue weighted by Crippen LogP contribution is -2.44. The Morgan fingerprint density at radius 3 is 2.79 bits per heavy atom. The molecular weight excluding hydrogens is 491 g/mol. The van der Waals surface area contributed by atoms with E-state index in [0.717, 1.165) is 57.6 Å². The number of benzene rings is 1. The molecule has 28 heavy (non-hydrogen) atoms. The van der Waals surface area contributed by atoms with Crippen LogP contribution in [0.3, 0.4) is 0 Å². The first-order valence-corrected chi connectivity index (χ1v) is 10.2. The van der Waals surface area contributed by atoms with Crippen LogP contribution in [0.1, 0.15) is 13.3 Å². The second kappa shape index (κ2) is 12.0. The standard InChI is InChI=1S/C20H31ClN4O2.HI/c1-16(27-19-6-4-3-5-18(19)21)13-23-20(22-2)25-8-7-17(15-25)14-24-9-11-26-12-10-24;/h3-6,16-17H,7-15H2,1-2H3,(H,22,23);1H. The minimum Gasteiger partial charge on any atom is -0.487 e. The predicted octanol–water partition coefficient (Wildman–Crippen LogP) is 2.95. The van der Waals surface area contributed by atoms with Crippen LogP contribution in [0.2, 0.25) is 5.02 Å². The van der Waals surface area contributed by atoms with Crippen molar-refractivity contribution >= 4 is 41.5 Å². The van der Waals surface area contributed by atoms with Crippen molar-refractivity contribution in [1.82, 2.24) is 15.1 Å². The molecule has 2 unspecified atom stereocenters. The van der Waals surface area contributed by atoms with Gasteiger partial charge in [-0.05, 0) is 31.4 Å². The van der Waals surface area contributed by atoms with E-state index in [1.165, 1.54) is 6.42 Å². The summed E-state index contributed by atoms with van der Waals surface area (Å²) in [4.78, 5) is 9.34. The number of para-hydroxylation sites is 1. The number of nitrogens with zero attached hydrogens (tertiary/aromatic N) is 3. The number of morpholine rings is 1. The lowest BCUT2D eigenvalue weighted by atomic mass is 10.1. The molecule has 2 fully saturated rings. The van der Waals surface area contributed by atoms with E-state index in [1.807, 2.05) is 38.2 Å². The maximum Gasteiger partial charge on any atom is 0.193 e. The van der Waals surface area contributed by atoms with Gasteiger partial charge >= 0.3 is 0 Å². The van der Waals surface area contributed by atoms with Crippen LogP contribution in [-0.4, -0.2) is 81.4 Å². The summed E-state index contributed by atoms with van der Waals surface area (Å²) in [7, 11) is 1.84. The normalized spacial score (nSPS) is 21.9. The molecule has 2 aliphatic heterocycles. The summed E-state index contributed by atoms with van der Waals surface area (Å²) in [6, 6.07) is 7.57. The summed E-state index contributed by atoms with van der Waals surface area (Å²) in [5, 5.41) is 4.09. The first-order chi connectivity index (χ1) is 13.2. The van der Waals surface area contributed by atoms with Gasteiger partial charge in [0, 0.05) is 39.8 Å². The molecule has 0 radical (unpaired) electrons. The van der Waals surface area contributed by atoms with Gasteiger partial charge in [0.15, 0.2) is 5.96 Å². The molecular formula is C20H32ClIN4O2. The molecule has 0 amide bonds. The van der Waals surface area contributed by atoms with Gasteiger partial charge in [0.25, 0.3) is 0 Å². The van der Waals surface area contributed by atoms with Crippen molar-refractivity contribution in [3.05, 3.63) is 29.3 Å². The maximum absolute atomic E-state index is 6.17. The van der Waals surface area contributed by atoms with Gasteiger partial charge in [-0.3, -0.25) is 9.89 Å². The molecule has 0 aliphatic carbocycles. The molecule has 0 aromatic heterocycles. The van der Waals surface area contributed by atoms with Crippen molar-refractivity contribution in [1.29, 1.82) is 0 Å². The minimum atomic E-state index is -0.00611. The zero-order chi connectivity index (χ0) is 19.1. The number of aliphatic imine (C=N–C) groups is 1. The highest BCUT2D eigenvalue weighted by Crippen LogP contribution is 2.24. The van der Waals surface area contributed by atoms with Gasteiger partial charge in [0.1, 0.15) is 11.9 Å². The molecule has 0 bridgehead atoms. The van der Waals surface area contributed by atoms with Crippen molar-refractivity contribution in [2.45, 2.75) is 19.4 Å². The Morgan fingerprint density at radius 1 is 1.32 bits per heavy atom. The van der Waals surface area contributed by atoms with Gasteiger partial charge in [-0.1, -0.05) is 23.7 Å². The fraction of sp³-hybridized carbons (Fsp3) is 0.650. The van der Waals surface area contributed by atoms with E-state index in [4.69, 9.17) is 21.1 Å². The van der Waals surface area contributed by atoms with E-state index >= 15 is 0 Å². The van der Waals surface area contributed by atoms with Crippen LogP contribution in [0.4, 0.5) is 0 Å². The van der Waals surface area contributed by atoms with E-state index in [2.05, 4.69) is 20.1 Å². The number of nitrogens with one attached hydrogen (secondary N) is 1. The number of ether oxygens (including phenoxy) is 2. The molecule has 0 spiro atoms.